The minimum absolute atomic E-state index is 0.241. The van der Waals surface area contributed by atoms with E-state index in [0.717, 1.165) is 18.5 Å². The Bertz CT molecular complexity index is 1120. The molecule has 0 radical (unpaired) electrons. The number of nitrogens with zero attached hydrogens (tertiary/aromatic N) is 3. The third-order valence-corrected chi connectivity index (χ3v) is 4.66. The lowest BCUT2D eigenvalue weighted by atomic mass is 10.2. The Labute approximate surface area is 165 Å². The molecule has 8 nitrogen and oxygen atoms in total. The van der Waals surface area contributed by atoms with Crippen molar-refractivity contribution in [3.63, 3.8) is 0 Å². The van der Waals surface area contributed by atoms with Crippen LogP contribution in [0.1, 0.15) is 40.5 Å². The van der Waals surface area contributed by atoms with Crippen molar-refractivity contribution in [2.45, 2.75) is 25.7 Å². The van der Waals surface area contributed by atoms with Crippen LogP contribution in [0.2, 0.25) is 5.02 Å². The summed E-state index contributed by atoms with van der Waals surface area (Å²) in [6.45, 7) is 1.72. The molecule has 144 valence electrons. The highest BCUT2D eigenvalue weighted by molar-refractivity contribution is 6.31. The van der Waals surface area contributed by atoms with Crippen LogP contribution in [0, 0.1) is 6.92 Å². The summed E-state index contributed by atoms with van der Waals surface area (Å²) in [5.74, 6) is 0.998. The fourth-order valence-electron chi connectivity index (χ4n) is 2.93. The highest BCUT2D eigenvalue weighted by Gasteiger charge is 2.28. The van der Waals surface area contributed by atoms with Gasteiger partial charge in [-0.25, -0.2) is 4.98 Å². The molecule has 28 heavy (non-hydrogen) atoms. The third-order valence-electron chi connectivity index (χ3n) is 4.43. The second-order valence-electron chi connectivity index (χ2n) is 6.65. The van der Waals surface area contributed by atoms with Crippen LogP contribution in [0.5, 0.6) is 5.75 Å². The molecule has 0 atom stereocenters. The number of carbonyl (C=O) groups excluding carboxylic acids is 1. The van der Waals surface area contributed by atoms with Gasteiger partial charge in [0.2, 0.25) is 5.95 Å². The molecule has 3 aromatic rings. The molecule has 0 spiro atoms. The van der Waals surface area contributed by atoms with Gasteiger partial charge in [0.25, 0.3) is 11.5 Å². The van der Waals surface area contributed by atoms with E-state index in [0.29, 0.717) is 33.8 Å². The van der Waals surface area contributed by atoms with Crippen molar-refractivity contribution in [2.75, 3.05) is 12.4 Å². The first-order valence-electron chi connectivity index (χ1n) is 8.78. The van der Waals surface area contributed by atoms with E-state index in [1.54, 1.807) is 25.1 Å². The lowest BCUT2D eigenvalue weighted by Gasteiger charge is -2.11. The Morgan fingerprint density at radius 3 is 2.79 bits per heavy atom. The normalized spacial score (nSPS) is 13.4. The van der Waals surface area contributed by atoms with Gasteiger partial charge in [0.15, 0.2) is 0 Å². The first kappa shape index (κ1) is 18.2. The molecule has 4 rings (SSSR count). The van der Waals surface area contributed by atoms with Crippen molar-refractivity contribution in [2.24, 2.45) is 0 Å². The molecule has 0 unspecified atom stereocenters. The van der Waals surface area contributed by atoms with Crippen LogP contribution in [-0.4, -0.2) is 32.8 Å². The molecule has 9 heteroatoms. The Morgan fingerprint density at radius 1 is 1.32 bits per heavy atom. The average molecular weight is 400 g/mol. The fourth-order valence-corrected chi connectivity index (χ4v) is 3.11. The number of halogens is 1. The van der Waals surface area contributed by atoms with Crippen LogP contribution in [0.15, 0.2) is 35.1 Å². The number of amides is 1. The van der Waals surface area contributed by atoms with E-state index in [-0.39, 0.29) is 11.5 Å². The van der Waals surface area contributed by atoms with Crippen LogP contribution in [-0.2, 0) is 0 Å². The van der Waals surface area contributed by atoms with Crippen LogP contribution in [0.3, 0.4) is 0 Å². The van der Waals surface area contributed by atoms with Crippen LogP contribution in [0.25, 0.3) is 5.95 Å². The van der Waals surface area contributed by atoms with Gasteiger partial charge in [-0.05, 0) is 38.0 Å². The number of anilines is 1. The second-order valence-corrected chi connectivity index (χ2v) is 7.09. The molecular formula is C19H18ClN5O3. The zero-order valence-electron chi connectivity index (χ0n) is 15.3. The molecular weight excluding hydrogens is 382 g/mol. The number of ether oxygens (including phenoxy) is 1. The second kappa shape index (κ2) is 7.12. The lowest BCUT2D eigenvalue weighted by Crippen LogP contribution is -2.19. The Kier molecular flexibility index (Phi) is 4.64. The molecule has 2 aromatic heterocycles. The molecule has 0 saturated heterocycles. The Hall–Kier alpha value is -3.13. The van der Waals surface area contributed by atoms with Crippen molar-refractivity contribution in [1.29, 1.82) is 0 Å². The van der Waals surface area contributed by atoms with E-state index in [9.17, 15) is 9.59 Å². The maximum Gasteiger partial charge on any atom is 0.260 e. The number of aryl methyl sites for hydroxylation is 1. The number of carbonyl (C=O) groups is 1. The van der Waals surface area contributed by atoms with Gasteiger partial charge >= 0.3 is 0 Å². The summed E-state index contributed by atoms with van der Waals surface area (Å²) in [5.41, 5.74) is 1.40. The van der Waals surface area contributed by atoms with Crippen molar-refractivity contribution < 1.29 is 9.53 Å². The van der Waals surface area contributed by atoms with E-state index in [2.05, 4.69) is 20.4 Å². The van der Waals surface area contributed by atoms with Crippen molar-refractivity contribution in [3.8, 4) is 11.7 Å². The molecule has 1 aliphatic rings. The number of aromatic amines is 1. The van der Waals surface area contributed by atoms with E-state index >= 15 is 0 Å². The largest absolute Gasteiger partial charge is 0.496 e. The number of benzene rings is 1. The van der Waals surface area contributed by atoms with Crippen LogP contribution >= 0.6 is 11.6 Å². The number of aromatic nitrogens is 4. The average Bonchev–Trinajstić information content (AvgIpc) is 3.41. The summed E-state index contributed by atoms with van der Waals surface area (Å²) in [4.78, 5) is 31.7. The van der Waals surface area contributed by atoms with E-state index < -0.39 is 5.91 Å². The Balaban J connectivity index is 1.74. The summed E-state index contributed by atoms with van der Waals surface area (Å²) >= 11 is 6.03. The van der Waals surface area contributed by atoms with Crippen molar-refractivity contribution in [3.05, 3.63) is 62.7 Å². The minimum atomic E-state index is -0.405. The number of rotatable bonds is 5. The van der Waals surface area contributed by atoms with Gasteiger partial charge in [-0.1, -0.05) is 11.6 Å². The number of nitrogens with one attached hydrogen (secondary N) is 2. The monoisotopic (exact) mass is 399 g/mol. The molecule has 2 heterocycles. The van der Waals surface area contributed by atoms with Crippen LogP contribution in [0.4, 0.5) is 5.82 Å². The van der Waals surface area contributed by atoms with Gasteiger partial charge in [0.1, 0.15) is 11.6 Å². The lowest BCUT2D eigenvalue weighted by molar-refractivity contribution is 0.102. The first-order chi connectivity index (χ1) is 13.4. The summed E-state index contributed by atoms with van der Waals surface area (Å²) in [6.07, 6.45) is 2.09. The predicted octanol–water partition coefficient (Wildman–Crippen LogP) is 3.06. The molecule has 1 aliphatic carbocycles. The van der Waals surface area contributed by atoms with E-state index in [1.165, 1.54) is 23.9 Å². The zero-order chi connectivity index (χ0) is 19.8. The van der Waals surface area contributed by atoms with Crippen molar-refractivity contribution >= 4 is 23.3 Å². The highest BCUT2D eigenvalue weighted by Crippen LogP contribution is 2.40. The minimum Gasteiger partial charge on any atom is -0.496 e. The maximum atomic E-state index is 12.9. The van der Waals surface area contributed by atoms with Gasteiger partial charge < -0.3 is 10.1 Å². The number of methoxy groups -OCH3 is 1. The Morgan fingerprint density at radius 2 is 2.11 bits per heavy atom. The molecule has 2 N–H and O–H groups in total. The van der Waals surface area contributed by atoms with Gasteiger partial charge in [0.05, 0.1) is 18.4 Å². The molecule has 1 aromatic carbocycles. The predicted molar refractivity (Wildman–Crippen MR) is 105 cm³/mol. The summed E-state index contributed by atoms with van der Waals surface area (Å²) in [7, 11) is 1.48. The molecule has 1 amide bonds. The smallest absolute Gasteiger partial charge is 0.260 e. The topological polar surface area (TPSA) is 102 Å². The molecule has 1 saturated carbocycles. The van der Waals surface area contributed by atoms with E-state index in [4.69, 9.17) is 16.3 Å². The fraction of sp³-hybridized carbons (Fsp3) is 0.263. The van der Waals surface area contributed by atoms with Gasteiger partial charge in [-0.15, -0.1) is 0 Å². The SMILES string of the molecule is COc1ccc(Cl)cc1C(=O)Nc1cc(C2CC2)nn1-c1nc(C)cc(=O)[nH]1. The summed E-state index contributed by atoms with van der Waals surface area (Å²) in [6, 6.07) is 8.00. The standard InChI is InChI=1S/C19H18ClN5O3/c1-10-7-17(26)23-19(21-10)25-16(9-14(24-25)11-3-4-11)22-18(27)13-8-12(20)5-6-15(13)28-2/h5-9,11H,3-4H2,1-2H3,(H,22,27)(H,21,23,26). The summed E-state index contributed by atoms with van der Waals surface area (Å²) < 4.78 is 6.70. The third kappa shape index (κ3) is 3.63. The maximum absolute atomic E-state index is 12.9. The number of hydrogen-bond acceptors (Lipinski definition) is 5. The highest BCUT2D eigenvalue weighted by atomic mass is 35.5. The van der Waals surface area contributed by atoms with E-state index in [1.807, 2.05) is 0 Å². The van der Waals surface area contributed by atoms with Crippen LogP contribution < -0.4 is 15.6 Å². The first-order valence-corrected chi connectivity index (χ1v) is 9.15. The van der Waals surface area contributed by atoms with Crippen molar-refractivity contribution in [1.82, 2.24) is 19.7 Å². The molecule has 0 bridgehead atoms. The zero-order valence-corrected chi connectivity index (χ0v) is 16.1. The van der Waals surface area contributed by atoms with Gasteiger partial charge in [0, 0.05) is 28.8 Å². The number of H-pyrrole nitrogens is 1. The van der Waals surface area contributed by atoms with Gasteiger partial charge in [-0.3, -0.25) is 14.6 Å². The summed E-state index contributed by atoms with van der Waals surface area (Å²) in [5, 5.41) is 7.79. The van der Waals surface area contributed by atoms with Gasteiger partial charge in [-0.2, -0.15) is 9.78 Å². The molecule has 0 aliphatic heterocycles. The quantitative estimate of drug-likeness (QED) is 0.686. The number of hydrogen-bond donors (Lipinski definition) is 2. The molecule has 1 fully saturated rings.